The number of benzene rings is 2. The Hall–Kier alpha value is -2.73. The number of aromatic nitrogens is 2. The van der Waals surface area contributed by atoms with Crippen LogP contribution in [-0.2, 0) is 17.8 Å². The molecule has 0 aliphatic heterocycles. The maximum atomic E-state index is 12.1. The first-order valence-electron chi connectivity index (χ1n) is 9.26. The van der Waals surface area contributed by atoms with Crippen molar-refractivity contribution in [3.8, 4) is 11.3 Å². The van der Waals surface area contributed by atoms with Crippen molar-refractivity contribution in [3.05, 3.63) is 87.1 Å². The van der Waals surface area contributed by atoms with Gasteiger partial charge >= 0.3 is 0 Å². The zero-order valence-corrected chi connectivity index (χ0v) is 17.1. The molecule has 144 valence electrons. The first kappa shape index (κ1) is 20.0. The summed E-state index contributed by atoms with van der Waals surface area (Å²) in [6.45, 7) is 0.878. The molecule has 1 heterocycles. The molecule has 2 aromatic carbocycles. The van der Waals surface area contributed by atoms with Gasteiger partial charge in [-0.3, -0.25) is 9.59 Å². The molecule has 3 rings (SSSR count). The van der Waals surface area contributed by atoms with Crippen LogP contribution in [0.1, 0.15) is 18.4 Å². The van der Waals surface area contributed by atoms with Gasteiger partial charge in [-0.1, -0.05) is 58.4 Å². The van der Waals surface area contributed by atoms with Gasteiger partial charge in [0, 0.05) is 29.1 Å². The van der Waals surface area contributed by atoms with Gasteiger partial charge in [-0.2, -0.15) is 5.10 Å². The third-order valence-corrected chi connectivity index (χ3v) is 4.89. The largest absolute Gasteiger partial charge is 0.356 e. The van der Waals surface area contributed by atoms with Crippen molar-refractivity contribution in [1.82, 2.24) is 15.1 Å². The number of rotatable bonds is 8. The molecule has 0 fully saturated rings. The minimum Gasteiger partial charge on any atom is -0.356 e. The number of carbonyl (C=O) groups is 1. The Morgan fingerprint density at radius 3 is 2.50 bits per heavy atom. The van der Waals surface area contributed by atoms with E-state index in [-0.39, 0.29) is 24.4 Å². The van der Waals surface area contributed by atoms with Crippen LogP contribution in [0.25, 0.3) is 11.3 Å². The molecule has 1 aromatic heterocycles. The first-order valence-corrected chi connectivity index (χ1v) is 10.1. The molecule has 0 atom stereocenters. The number of amides is 1. The zero-order chi connectivity index (χ0) is 19.8. The van der Waals surface area contributed by atoms with Crippen molar-refractivity contribution < 1.29 is 4.79 Å². The Kier molecular flexibility index (Phi) is 7.14. The standard InChI is InChI=1S/C22H22BrN3O2/c23-19-10-8-18(9-11-19)20-12-13-22(28)26(25-20)16-14-21(27)24-15-4-7-17-5-2-1-3-6-17/h1-3,5-6,8-13H,4,7,14-16H2,(H,24,27). The van der Waals surface area contributed by atoms with Crippen molar-refractivity contribution in [2.75, 3.05) is 6.54 Å². The average Bonchev–Trinajstić information content (AvgIpc) is 2.72. The van der Waals surface area contributed by atoms with E-state index in [4.69, 9.17) is 0 Å². The summed E-state index contributed by atoms with van der Waals surface area (Å²) in [4.78, 5) is 24.1. The maximum absolute atomic E-state index is 12.1. The molecule has 0 spiro atoms. The molecule has 0 radical (unpaired) electrons. The fraction of sp³-hybridized carbons (Fsp3) is 0.227. The Balaban J connectivity index is 1.49. The van der Waals surface area contributed by atoms with Gasteiger partial charge in [0.05, 0.1) is 12.2 Å². The molecule has 5 nitrogen and oxygen atoms in total. The van der Waals surface area contributed by atoms with Gasteiger partial charge < -0.3 is 5.32 Å². The summed E-state index contributed by atoms with van der Waals surface area (Å²) in [6.07, 6.45) is 2.03. The predicted molar refractivity (Wildman–Crippen MR) is 114 cm³/mol. The monoisotopic (exact) mass is 439 g/mol. The van der Waals surface area contributed by atoms with Crippen molar-refractivity contribution in [3.63, 3.8) is 0 Å². The Bertz CT molecular complexity index is 969. The highest BCUT2D eigenvalue weighted by Gasteiger charge is 2.06. The number of carbonyl (C=O) groups excluding carboxylic acids is 1. The topological polar surface area (TPSA) is 64.0 Å². The average molecular weight is 440 g/mol. The number of nitrogens with one attached hydrogen (secondary N) is 1. The number of aryl methyl sites for hydroxylation is 2. The maximum Gasteiger partial charge on any atom is 0.266 e. The van der Waals surface area contributed by atoms with Crippen LogP contribution in [0.5, 0.6) is 0 Å². The van der Waals surface area contributed by atoms with Gasteiger partial charge in [-0.05, 0) is 36.6 Å². The van der Waals surface area contributed by atoms with Crippen LogP contribution in [0.15, 0.2) is 76.0 Å². The van der Waals surface area contributed by atoms with Crippen LogP contribution in [0, 0.1) is 0 Å². The lowest BCUT2D eigenvalue weighted by Gasteiger charge is -2.08. The molecule has 0 aliphatic rings. The van der Waals surface area contributed by atoms with Gasteiger partial charge in [0.15, 0.2) is 0 Å². The molecule has 3 aromatic rings. The molecule has 0 unspecified atom stereocenters. The Morgan fingerprint density at radius 2 is 1.75 bits per heavy atom. The van der Waals surface area contributed by atoms with Crippen molar-refractivity contribution in [1.29, 1.82) is 0 Å². The number of hydrogen-bond acceptors (Lipinski definition) is 3. The fourth-order valence-electron chi connectivity index (χ4n) is 2.84. The smallest absolute Gasteiger partial charge is 0.266 e. The molecule has 0 saturated heterocycles. The molecule has 6 heteroatoms. The van der Waals surface area contributed by atoms with Crippen LogP contribution in [0.3, 0.4) is 0 Å². The minimum absolute atomic E-state index is 0.0733. The SMILES string of the molecule is O=C(CCn1nc(-c2ccc(Br)cc2)ccc1=O)NCCCc1ccccc1. The summed E-state index contributed by atoms with van der Waals surface area (Å²) < 4.78 is 2.33. The summed E-state index contributed by atoms with van der Waals surface area (Å²) in [7, 11) is 0. The van der Waals surface area contributed by atoms with E-state index in [1.165, 1.54) is 16.3 Å². The van der Waals surface area contributed by atoms with Gasteiger partial charge in [-0.15, -0.1) is 0 Å². The van der Waals surface area contributed by atoms with Gasteiger partial charge in [-0.25, -0.2) is 4.68 Å². The number of hydrogen-bond donors (Lipinski definition) is 1. The summed E-state index contributed by atoms with van der Waals surface area (Å²) in [6, 6.07) is 21.1. The third-order valence-electron chi connectivity index (χ3n) is 4.36. The Labute approximate surface area is 172 Å². The molecule has 0 bridgehead atoms. The predicted octanol–water partition coefficient (Wildman–Crippen LogP) is 3.81. The van der Waals surface area contributed by atoms with Crippen molar-refractivity contribution in [2.45, 2.75) is 25.8 Å². The van der Waals surface area contributed by atoms with Crippen molar-refractivity contribution in [2.24, 2.45) is 0 Å². The van der Waals surface area contributed by atoms with Gasteiger partial charge in [0.25, 0.3) is 5.56 Å². The molecular weight excluding hydrogens is 418 g/mol. The molecule has 0 saturated carbocycles. The lowest BCUT2D eigenvalue weighted by Crippen LogP contribution is -2.29. The van der Waals surface area contributed by atoms with Crippen LogP contribution in [0.4, 0.5) is 0 Å². The Morgan fingerprint density at radius 1 is 1.00 bits per heavy atom. The third kappa shape index (κ3) is 5.89. The molecular formula is C22H22BrN3O2. The van der Waals surface area contributed by atoms with Gasteiger partial charge in [0.2, 0.25) is 5.91 Å². The van der Waals surface area contributed by atoms with E-state index in [0.717, 1.165) is 22.9 Å². The first-order chi connectivity index (χ1) is 13.6. The van der Waals surface area contributed by atoms with E-state index < -0.39 is 0 Å². The lowest BCUT2D eigenvalue weighted by molar-refractivity contribution is -0.121. The highest BCUT2D eigenvalue weighted by molar-refractivity contribution is 9.10. The van der Waals surface area contributed by atoms with E-state index in [9.17, 15) is 9.59 Å². The second-order valence-electron chi connectivity index (χ2n) is 6.48. The normalized spacial score (nSPS) is 10.6. The quantitative estimate of drug-likeness (QED) is 0.542. The van der Waals surface area contributed by atoms with E-state index in [2.05, 4.69) is 38.5 Å². The zero-order valence-electron chi connectivity index (χ0n) is 15.5. The molecule has 1 amide bonds. The highest BCUT2D eigenvalue weighted by atomic mass is 79.9. The molecule has 28 heavy (non-hydrogen) atoms. The molecule has 0 aliphatic carbocycles. The van der Waals surface area contributed by atoms with Crippen molar-refractivity contribution >= 4 is 21.8 Å². The van der Waals surface area contributed by atoms with Crippen LogP contribution in [0.2, 0.25) is 0 Å². The highest BCUT2D eigenvalue weighted by Crippen LogP contribution is 2.18. The second-order valence-corrected chi connectivity index (χ2v) is 7.39. The summed E-state index contributed by atoms with van der Waals surface area (Å²) in [5, 5.41) is 7.30. The fourth-order valence-corrected chi connectivity index (χ4v) is 3.11. The van der Waals surface area contributed by atoms with Crippen LogP contribution < -0.4 is 10.9 Å². The van der Waals surface area contributed by atoms with Crippen LogP contribution >= 0.6 is 15.9 Å². The minimum atomic E-state index is -0.210. The molecule has 1 N–H and O–H groups in total. The number of nitrogens with zero attached hydrogens (tertiary/aromatic N) is 2. The summed E-state index contributed by atoms with van der Waals surface area (Å²) in [5.41, 5.74) is 2.67. The van der Waals surface area contributed by atoms with E-state index in [1.54, 1.807) is 6.07 Å². The van der Waals surface area contributed by atoms with Crippen LogP contribution in [-0.4, -0.2) is 22.2 Å². The lowest BCUT2D eigenvalue weighted by atomic mass is 10.1. The summed E-state index contributed by atoms with van der Waals surface area (Å²) >= 11 is 3.40. The van der Waals surface area contributed by atoms with E-state index in [0.29, 0.717) is 12.2 Å². The van der Waals surface area contributed by atoms with Gasteiger partial charge in [0.1, 0.15) is 0 Å². The second kappa shape index (κ2) is 9.99. The number of halogens is 1. The van der Waals surface area contributed by atoms with E-state index in [1.807, 2.05) is 42.5 Å². The van der Waals surface area contributed by atoms with E-state index >= 15 is 0 Å². The summed E-state index contributed by atoms with van der Waals surface area (Å²) in [5.74, 6) is -0.0733.